The second kappa shape index (κ2) is 4.87. The third kappa shape index (κ3) is 2.32. The largest absolute Gasteiger partial charge is 0.396 e. The van der Waals surface area contributed by atoms with E-state index in [4.69, 9.17) is 10.8 Å². The summed E-state index contributed by atoms with van der Waals surface area (Å²) >= 11 is 3.11. The van der Waals surface area contributed by atoms with Crippen molar-refractivity contribution in [1.82, 2.24) is 0 Å². The van der Waals surface area contributed by atoms with Crippen molar-refractivity contribution in [2.24, 2.45) is 5.73 Å². The molecule has 0 radical (unpaired) electrons. The monoisotopic (exact) mass is 261 g/mol. The lowest BCUT2D eigenvalue weighted by Crippen LogP contribution is -2.15. The summed E-state index contributed by atoms with van der Waals surface area (Å²) in [5.74, 6) is -0.328. The van der Waals surface area contributed by atoms with Crippen LogP contribution in [0.15, 0.2) is 16.6 Å². The lowest BCUT2D eigenvalue weighted by molar-refractivity contribution is 0.275. The number of nitrogens with two attached hydrogens (primary N) is 1. The number of benzene rings is 1. The number of halogens is 2. The van der Waals surface area contributed by atoms with Crippen molar-refractivity contribution in [2.75, 3.05) is 6.61 Å². The van der Waals surface area contributed by atoms with Crippen LogP contribution in [0.3, 0.4) is 0 Å². The van der Waals surface area contributed by atoms with Crippen LogP contribution in [0.2, 0.25) is 0 Å². The van der Waals surface area contributed by atoms with Gasteiger partial charge in [-0.15, -0.1) is 0 Å². The van der Waals surface area contributed by atoms with Gasteiger partial charge in [-0.25, -0.2) is 4.39 Å². The molecule has 3 N–H and O–H groups in total. The van der Waals surface area contributed by atoms with E-state index in [0.29, 0.717) is 16.5 Å². The van der Waals surface area contributed by atoms with Gasteiger partial charge < -0.3 is 10.8 Å². The topological polar surface area (TPSA) is 46.2 Å². The molecule has 0 aliphatic rings. The minimum Gasteiger partial charge on any atom is -0.396 e. The van der Waals surface area contributed by atoms with Gasteiger partial charge in [0, 0.05) is 18.2 Å². The Hall–Kier alpha value is -0.450. The fourth-order valence-electron chi connectivity index (χ4n) is 1.40. The first-order valence-electron chi connectivity index (χ1n) is 4.39. The summed E-state index contributed by atoms with van der Waals surface area (Å²) in [6.45, 7) is 1.77. The van der Waals surface area contributed by atoms with Crippen LogP contribution in [0, 0.1) is 12.7 Å². The first-order valence-corrected chi connectivity index (χ1v) is 5.18. The average Bonchev–Trinajstić information content (AvgIpc) is 2.13. The van der Waals surface area contributed by atoms with Gasteiger partial charge in [0.05, 0.1) is 4.47 Å². The first kappa shape index (κ1) is 11.6. The van der Waals surface area contributed by atoms with Crippen LogP contribution in [0.5, 0.6) is 0 Å². The Bertz CT molecular complexity index is 330. The van der Waals surface area contributed by atoms with Crippen LogP contribution < -0.4 is 5.73 Å². The molecule has 4 heteroatoms. The van der Waals surface area contributed by atoms with Crippen molar-refractivity contribution in [3.05, 3.63) is 33.5 Å². The van der Waals surface area contributed by atoms with E-state index in [-0.39, 0.29) is 12.4 Å². The van der Waals surface area contributed by atoms with E-state index in [0.717, 1.165) is 5.56 Å². The first-order chi connectivity index (χ1) is 6.57. The molecule has 1 aromatic carbocycles. The molecule has 14 heavy (non-hydrogen) atoms. The van der Waals surface area contributed by atoms with E-state index >= 15 is 0 Å². The van der Waals surface area contributed by atoms with Crippen LogP contribution >= 0.6 is 15.9 Å². The van der Waals surface area contributed by atoms with E-state index in [1.165, 1.54) is 0 Å². The maximum absolute atomic E-state index is 13.6. The number of hydrogen-bond acceptors (Lipinski definition) is 2. The minimum absolute atomic E-state index is 0.0352. The molecule has 1 unspecified atom stereocenters. The van der Waals surface area contributed by atoms with Gasteiger partial charge in [-0.05, 0) is 40.9 Å². The van der Waals surface area contributed by atoms with Crippen LogP contribution in [0.1, 0.15) is 23.6 Å². The molecule has 1 aromatic rings. The normalized spacial score (nSPS) is 12.9. The molecule has 0 heterocycles. The maximum Gasteiger partial charge on any atom is 0.142 e. The van der Waals surface area contributed by atoms with Crippen molar-refractivity contribution in [3.8, 4) is 0 Å². The SMILES string of the molecule is Cc1ccc(Br)c(F)c1C(N)CCO. The Morgan fingerprint density at radius 3 is 2.79 bits per heavy atom. The van der Waals surface area contributed by atoms with Gasteiger partial charge in [0.15, 0.2) is 0 Å². The smallest absolute Gasteiger partial charge is 0.142 e. The highest BCUT2D eigenvalue weighted by Crippen LogP contribution is 2.27. The van der Waals surface area contributed by atoms with Crippen molar-refractivity contribution in [3.63, 3.8) is 0 Å². The predicted octanol–water partition coefficient (Wildman–Crippen LogP) is 2.28. The molecular weight excluding hydrogens is 249 g/mol. The summed E-state index contributed by atoms with van der Waals surface area (Å²) in [7, 11) is 0. The minimum atomic E-state index is -0.447. The van der Waals surface area contributed by atoms with Crippen molar-refractivity contribution in [1.29, 1.82) is 0 Å². The number of aliphatic hydroxyl groups excluding tert-OH is 1. The molecule has 0 spiro atoms. The highest BCUT2D eigenvalue weighted by molar-refractivity contribution is 9.10. The number of aryl methyl sites for hydroxylation is 1. The van der Waals surface area contributed by atoms with Gasteiger partial charge in [-0.1, -0.05) is 6.07 Å². The molecular formula is C10H13BrFNO. The number of hydrogen-bond donors (Lipinski definition) is 2. The van der Waals surface area contributed by atoms with E-state index in [9.17, 15) is 4.39 Å². The van der Waals surface area contributed by atoms with E-state index in [1.807, 2.05) is 6.92 Å². The zero-order chi connectivity index (χ0) is 10.7. The molecule has 0 saturated heterocycles. The zero-order valence-electron chi connectivity index (χ0n) is 7.93. The van der Waals surface area contributed by atoms with Gasteiger partial charge in [-0.3, -0.25) is 0 Å². The third-order valence-corrected chi connectivity index (χ3v) is 2.77. The highest BCUT2D eigenvalue weighted by Gasteiger charge is 2.15. The van der Waals surface area contributed by atoms with Crippen molar-refractivity contribution in [2.45, 2.75) is 19.4 Å². The lowest BCUT2D eigenvalue weighted by Gasteiger charge is -2.15. The Kier molecular flexibility index (Phi) is 4.04. The Morgan fingerprint density at radius 2 is 2.21 bits per heavy atom. The van der Waals surface area contributed by atoms with Crippen LogP contribution in [0.4, 0.5) is 4.39 Å². The van der Waals surface area contributed by atoms with Crippen LogP contribution in [-0.2, 0) is 0 Å². The van der Waals surface area contributed by atoms with Crippen LogP contribution in [-0.4, -0.2) is 11.7 Å². The second-order valence-corrected chi connectivity index (χ2v) is 4.07. The highest BCUT2D eigenvalue weighted by atomic mass is 79.9. The molecule has 1 atom stereocenters. The molecule has 1 rings (SSSR count). The summed E-state index contributed by atoms with van der Waals surface area (Å²) in [5, 5.41) is 8.73. The fourth-order valence-corrected chi connectivity index (χ4v) is 1.75. The van der Waals surface area contributed by atoms with Gasteiger partial charge in [-0.2, -0.15) is 0 Å². The summed E-state index contributed by atoms with van der Waals surface area (Å²) in [4.78, 5) is 0. The average molecular weight is 262 g/mol. The van der Waals surface area contributed by atoms with Gasteiger partial charge >= 0.3 is 0 Å². The van der Waals surface area contributed by atoms with Gasteiger partial charge in [0.1, 0.15) is 5.82 Å². The van der Waals surface area contributed by atoms with E-state index in [2.05, 4.69) is 15.9 Å². The molecule has 0 saturated carbocycles. The quantitative estimate of drug-likeness (QED) is 0.877. The molecule has 0 aliphatic heterocycles. The molecule has 0 bridgehead atoms. The maximum atomic E-state index is 13.6. The van der Waals surface area contributed by atoms with Gasteiger partial charge in [0.2, 0.25) is 0 Å². The lowest BCUT2D eigenvalue weighted by atomic mass is 9.99. The standard InChI is InChI=1S/C10H13BrFNO/c1-6-2-3-7(11)10(12)9(6)8(13)4-5-14/h2-3,8,14H,4-5,13H2,1H3. The summed E-state index contributed by atoms with van der Waals surface area (Å²) in [5.41, 5.74) is 7.05. The molecule has 0 amide bonds. The second-order valence-electron chi connectivity index (χ2n) is 3.21. The fraction of sp³-hybridized carbons (Fsp3) is 0.400. The Balaban J connectivity index is 3.11. The molecule has 2 nitrogen and oxygen atoms in total. The summed E-state index contributed by atoms with van der Waals surface area (Å²) < 4.78 is 14.0. The summed E-state index contributed by atoms with van der Waals surface area (Å²) in [6.07, 6.45) is 0.369. The molecule has 0 fully saturated rings. The van der Waals surface area contributed by atoms with Crippen molar-refractivity contribution >= 4 is 15.9 Å². The molecule has 0 aromatic heterocycles. The predicted molar refractivity (Wildman–Crippen MR) is 57.5 cm³/mol. The zero-order valence-corrected chi connectivity index (χ0v) is 9.51. The van der Waals surface area contributed by atoms with Gasteiger partial charge in [0.25, 0.3) is 0 Å². The summed E-state index contributed by atoms with van der Waals surface area (Å²) in [6, 6.07) is 3.01. The number of rotatable bonds is 3. The van der Waals surface area contributed by atoms with Crippen molar-refractivity contribution < 1.29 is 9.50 Å². The van der Waals surface area contributed by atoms with Crippen LogP contribution in [0.25, 0.3) is 0 Å². The van der Waals surface area contributed by atoms with E-state index < -0.39 is 6.04 Å². The third-order valence-electron chi connectivity index (χ3n) is 2.16. The molecule has 78 valence electrons. The Labute approximate surface area is 91.1 Å². The molecule has 0 aliphatic carbocycles. The Morgan fingerprint density at radius 1 is 1.57 bits per heavy atom. The number of aliphatic hydroxyl groups is 1. The van der Waals surface area contributed by atoms with E-state index in [1.54, 1.807) is 12.1 Å².